The molecule has 1 saturated carbocycles. The number of aryl methyl sites for hydroxylation is 1. The SMILES string of the molecule is O=C(CNCCCCCCc1cccc2c1C(=O)N(C1CCC(=O)NC1=O)C2=O)NCCN1CCN(C(=O)c2ccc(Nc3nc(C4CC4)cn4c(-c5cn[nH]c5)cnc34)c(F)c2)CC1. The number of aromatic nitrogens is 5. The van der Waals surface area contributed by atoms with Crippen LogP contribution in [0.25, 0.3) is 16.9 Å². The zero-order valence-electron chi connectivity index (χ0n) is 35.9. The predicted molar refractivity (Wildman–Crippen MR) is 236 cm³/mol. The van der Waals surface area contributed by atoms with Gasteiger partial charge in [0, 0.05) is 75.1 Å². The number of aromatic amines is 1. The lowest BCUT2D eigenvalue weighted by Crippen LogP contribution is -2.54. The highest BCUT2D eigenvalue weighted by molar-refractivity contribution is 6.24. The van der Waals surface area contributed by atoms with E-state index < -0.39 is 35.5 Å². The average Bonchev–Trinajstić information content (AvgIpc) is 3.73. The zero-order valence-corrected chi connectivity index (χ0v) is 35.9. The summed E-state index contributed by atoms with van der Waals surface area (Å²) in [6, 6.07) is 8.66. The van der Waals surface area contributed by atoms with Crippen molar-refractivity contribution in [2.24, 2.45) is 0 Å². The summed E-state index contributed by atoms with van der Waals surface area (Å²) in [6.45, 7) is 4.24. The van der Waals surface area contributed by atoms with Crippen molar-refractivity contribution < 1.29 is 33.2 Å². The Hall–Kier alpha value is -6.86. The minimum absolute atomic E-state index is 0.0759. The third-order valence-electron chi connectivity index (χ3n) is 12.6. The van der Waals surface area contributed by atoms with Crippen LogP contribution in [0.1, 0.15) is 99.6 Å². The number of rotatable bonds is 18. The Labute approximate surface area is 373 Å². The molecule has 2 saturated heterocycles. The number of H-pyrrole nitrogens is 1. The van der Waals surface area contributed by atoms with Gasteiger partial charge in [-0.2, -0.15) is 5.10 Å². The molecule has 65 heavy (non-hydrogen) atoms. The number of carbonyl (C=O) groups is 6. The van der Waals surface area contributed by atoms with E-state index in [4.69, 9.17) is 4.98 Å². The standard InChI is InChI=1S/C46H51FN12O6/c47-33-22-30(11-12-34(33)53-41-42-50-25-37(31-23-51-52-24-31)58(42)27-35(54-41)28-9-10-28)44(63)57-20-18-56(19-21-57)17-16-49-39(61)26-48-15-4-2-1-3-6-29-7-5-8-32-40(29)46(65)59(45(32)64)36-13-14-38(60)55-43(36)62/h5,7-8,11-12,22-25,27-28,36,48H,1-4,6,9-10,13-21,26H2,(H,49,61)(H,51,52)(H,53,54)(H,55,60,62). The van der Waals surface area contributed by atoms with Crippen molar-refractivity contribution in [3.8, 4) is 11.3 Å². The molecule has 18 nitrogen and oxygen atoms in total. The van der Waals surface area contributed by atoms with Crippen LogP contribution in [0.5, 0.6) is 0 Å². The molecule has 1 aliphatic carbocycles. The number of benzene rings is 2. The van der Waals surface area contributed by atoms with Crippen molar-refractivity contribution in [3.63, 3.8) is 0 Å². The van der Waals surface area contributed by atoms with Crippen LogP contribution in [0.3, 0.4) is 0 Å². The molecular formula is C46H51FN12O6. The van der Waals surface area contributed by atoms with E-state index in [0.717, 1.165) is 65.9 Å². The molecule has 1 unspecified atom stereocenters. The van der Waals surface area contributed by atoms with Gasteiger partial charge in [-0.1, -0.05) is 25.0 Å². The number of anilines is 2. The Morgan fingerprint density at radius 1 is 0.908 bits per heavy atom. The highest BCUT2D eigenvalue weighted by Gasteiger charge is 2.45. The second-order valence-electron chi connectivity index (χ2n) is 17.0. The minimum atomic E-state index is -0.988. The van der Waals surface area contributed by atoms with Crippen LogP contribution >= 0.6 is 0 Å². The van der Waals surface area contributed by atoms with Crippen LogP contribution in [0.4, 0.5) is 15.9 Å². The number of fused-ring (bicyclic) bond motifs is 2. The fraction of sp³-hybridized carbons (Fsp3) is 0.413. The lowest BCUT2D eigenvalue weighted by Gasteiger charge is -2.34. The van der Waals surface area contributed by atoms with E-state index in [1.807, 2.05) is 16.7 Å². The third-order valence-corrected chi connectivity index (χ3v) is 12.6. The Balaban J connectivity index is 0.653. The number of halogens is 1. The fourth-order valence-electron chi connectivity index (χ4n) is 8.84. The van der Waals surface area contributed by atoms with E-state index >= 15 is 4.39 Å². The Bertz CT molecular complexity index is 2640. The van der Waals surface area contributed by atoms with Crippen LogP contribution in [-0.4, -0.2) is 133 Å². The maximum atomic E-state index is 15.6. The molecule has 6 amide bonds. The van der Waals surface area contributed by atoms with Crippen molar-refractivity contribution in [3.05, 3.63) is 95.0 Å². The number of carbonyl (C=O) groups excluding carboxylic acids is 6. The molecule has 19 heteroatoms. The number of hydrogen-bond acceptors (Lipinski definition) is 12. The molecule has 0 spiro atoms. The summed E-state index contributed by atoms with van der Waals surface area (Å²) in [5.74, 6) is -2.14. The maximum absolute atomic E-state index is 15.6. The number of piperazine rings is 1. The number of imide groups is 2. The van der Waals surface area contributed by atoms with Crippen LogP contribution < -0.4 is 21.3 Å². The summed E-state index contributed by atoms with van der Waals surface area (Å²) in [4.78, 5) is 90.6. The maximum Gasteiger partial charge on any atom is 0.262 e. The Kier molecular flexibility index (Phi) is 12.7. The van der Waals surface area contributed by atoms with Crippen molar-refractivity contribution in [1.82, 2.24) is 55.2 Å². The van der Waals surface area contributed by atoms with E-state index in [1.165, 1.54) is 6.07 Å². The van der Waals surface area contributed by atoms with Crippen molar-refractivity contribution >= 4 is 52.6 Å². The van der Waals surface area contributed by atoms with Gasteiger partial charge in [0.1, 0.15) is 11.9 Å². The molecular weight excluding hydrogens is 836 g/mol. The third kappa shape index (κ3) is 9.51. The lowest BCUT2D eigenvalue weighted by molar-refractivity contribution is -0.136. The van der Waals surface area contributed by atoms with Crippen LogP contribution in [0, 0.1) is 5.82 Å². The molecule has 9 rings (SSSR count). The molecule has 6 heterocycles. The normalized spacial score (nSPS) is 17.8. The molecule has 3 aliphatic heterocycles. The molecule has 1 atom stereocenters. The molecule has 2 aromatic carbocycles. The molecule has 3 aromatic heterocycles. The minimum Gasteiger partial charge on any atom is -0.354 e. The summed E-state index contributed by atoms with van der Waals surface area (Å²) < 4.78 is 17.5. The van der Waals surface area contributed by atoms with Gasteiger partial charge in [-0.25, -0.2) is 14.4 Å². The predicted octanol–water partition coefficient (Wildman–Crippen LogP) is 3.55. The molecule has 5 aromatic rings. The summed E-state index contributed by atoms with van der Waals surface area (Å²) in [6.07, 6.45) is 13.6. The average molecular weight is 887 g/mol. The van der Waals surface area contributed by atoms with Crippen LogP contribution in [0.15, 0.2) is 61.2 Å². The Morgan fingerprint density at radius 3 is 2.51 bits per heavy atom. The van der Waals surface area contributed by atoms with Gasteiger partial charge in [-0.05, 0) is 74.9 Å². The largest absolute Gasteiger partial charge is 0.354 e. The van der Waals surface area contributed by atoms with E-state index in [2.05, 4.69) is 41.3 Å². The van der Waals surface area contributed by atoms with Crippen molar-refractivity contribution in [2.75, 3.05) is 57.7 Å². The molecule has 338 valence electrons. The number of unbranched alkanes of at least 4 members (excludes halogenated alkanes) is 3. The van der Waals surface area contributed by atoms with Gasteiger partial charge in [0.15, 0.2) is 11.5 Å². The summed E-state index contributed by atoms with van der Waals surface area (Å²) >= 11 is 0. The first-order chi connectivity index (χ1) is 31.6. The number of hydrogen-bond donors (Lipinski definition) is 5. The van der Waals surface area contributed by atoms with Crippen LogP contribution in [0.2, 0.25) is 0 Å². The molecule has 5 N–H and O–H groups in total. The number of piperidine rings is 1. The molecule has 0 radical (unpaired) electrons. The van der Waals surface area contributed by atoms with E-state index in [9.17, 15) is 28.8 Å². The molecule has 0 bridgehead atoms. The van der Waals surface area contributed by atoms with Crippen molar-refractivity contribution in [1.29, 1.82) is 0 Å². The zero-order chi connectivity index (χ0) is 45.0. The second kappa shape index (κ2) is 19.1. The first-order valence-corrected chi connectivity index (χ1v) is 22.4. The first kappa shape index (κ1) is 43.4. The quantitative estimate of drug-likeness (QED) is 0.0631. The van der Waals surface area contributed by atoms with Crippen molar-refractivity contribution in [2.45, 2.75) is 69.7 Å². The topological polar surface area (TPSA) is 219 Å². The smallest absolute Gasteiger partial charge is 0.262 e. The van der Waals surface area contributed by atoms with Gasteiger partial charge < -0.3 is 20.9 Å². The van der Waals surface area contributed by atoms with Gasteiger partial charge in [0.05, 0.1) is 47.1 Å². The van der Waals surface area contributed by atoms with Gasteiger partial charge in [-0.15, -0.1) is 0 Å². The number of nitrogens with one attached hydrogen (secondary N) is 5. The number of amides is 6. The summed E-state index contributed by atoms with van der Waals surface area (Å²) in [7, 11) is 0. The summed E-state index contributed by atoms with van der Waals surface area (Å²) in [5.41, 5.74) is 5.05. The summed E-state index contributed by atoms with van der Waals surface area (Å²) in [5, 5.41) is 18.4. The van der Waals surface area contributed by atoms with Gasteiger partial charge in [-0.3, -0.25) is 53.4 Å². The lowest BCUT2D eigenvalue weighted by atomic mass is 9.97. The van der Waals surface area contributed by atoms with Gasteiger partial charge in [0.2, 0.25) is 17.7 Å². The van der Waals surface area contributed by atoms with E-state index in [1.54, 1.807) is 47.8 Å². The highest BCUT2D eigenvalue weighted by atomic mass is 19.1. The number of nitrogens with zero attached hydrogens (tertiary/aromatic N) is 7. The van der Waals surface area contributed by atoms with Crippen LogP contribution in [-0.2, 0) is 20.8 Å². The second-order valence-corrected chi connectivity index (χ2v) is 17.0. The monoisotopic (exact) mass is 886 g/mol. The fourth-order valence-corrected chi connectivity index (χ4v) is 8.84. The molecule has 4 aliphatic rings. The molecule has 3 fully saturated rings. The van der Waals surface area contributed by atoms with E-state index in [0.29, 0.717) is 80.7 Å². The van der Waals surface area contributed by atoms with Gasteiger partial charge >= 0.3 is 0 Å². The number of imidazole rings is 1. The van der Waals surface area contributed by atoms with Gasteiger partial charge in [0.25, 0.3) is 17.7 Å². The van der Waals surface area contributed by atoms with E-state index in [-0.39, 0.29) is 42.5 Å². The first-order valence-electron chi connectivity index (χ1n) is 22.4. The highest BCUT2D eigenvalue weighted by Crippen LogP contribution is 2.40. The Morgan fingerprint density at radius 2 is 1.74 bits per heavy atom.